The predicted octanol–water partition coefficient (Wildman–Crippen LogP) is 4.13. The van der Waals surface area contributed by atoms with Crippen LogP contribution in [0.2, 0.25) is 5.02 Å². The Morgan fingerprint density at radius 2 is 1.92 bits per heavy atom. The lowest BCUT2D eigenvalue weighted by molar-refractivity contribution is -0.117. The van der Waals surface area contributed by atoms with E-state index in [9.17, 15) is 4.79 Å². The normalized spacial score (nSPS) is 10.7. The van der Waals surface area contributed by atoms with Crippen LogP contribution in [0.5, 0.6) is 11.5 Å². The molecule has 5 nitrogen and oxygen atoms in total. The van der Waals surface area contributed by atoms with Crippen LogP contribution in [0.4, 0.5) is 5.69 Å². The number of benzene rings is 2. The summed E-state index contributed by atoms with van der Waals surface area (Å²) in [4.78, 5) is 14.1. The van der Waals surface area contributed by atoms with Crippen molar-refractivity contribution >= 4 is 23.2 Å². The van der Waals surface area contributed by atoms with Gasteiger partial charge in [-0.15, -0.1) is 0 Å². The molecule has 1 N–H and O–H groups in total. The minimum atomic E-state index is -0.0691. The zero-order valence-electron chi connectivity index (χ0n) is 15.6. The highest BCUT2D eigenvalue weighted by atomic mass is 35.5. The summed E-state index contributed by atoms with van der Waals surface area (Å²) in [5.41, 5.74) is 2.89. The molecule has 2 aromatic carbocycles. The fourth-order valence-corrected chi connectivity index (χ4v) is 2.89. The van der Waals surface area contributed by atoms with Crippen LogP contribution in [0, 0.1) is 6.92 Å². The summed E-state index contributed by atoms with van der Waals surface area (Å²) in [6, 6.07) is 11.4. The molecule has 0 spiro atoms. The molecule has 2 rings (SSSR count). The Morgan fingerprint density at radius 1 is 1.23 bits per heavy atom. The zero-order chi connectivity index (χ0) is 19.1. The third kappa shape index (κ3) is 5.64. The van der Waals surface area contributed by atoms with Gasteiger partial charge in [0.15, 0.2) is 11.5 Å². The van der Waals surface area contributed by atoms with E-state index in [4.69, 9.17) is 21.1 Å². The summed E-state index contributed by atoms with van der Waals surface area (Å²) in [6.45, 7) is 5.24. The molecule has 2 aromatic rings. The van der Waals surface area contributed by atoms with Crippen molar-refractivity contribution in [2.45, 2.75) is 20.4 Å². The van der Waals surface area contributed by atoms with E-state index in [0.29, 0.717) is 29.7 Å². The molecule has 0 saturated heterocycles. The van der Waals surface area contributed by atoms with Crippen molar-refractivity contribution in [1.82, 2.24) is 4.90 Å². The third-order valence-electron chi connectivity index (χ3n) is 3.78. The second kappa shape index (κ2) is 9.46. The zero-order valence-corrected chi connectivity index (χ0v) is 16.4. The number of ether oxygens (including phenoxy) is 2. The van der Waals surface area contributed by atoms with Gasteiger partial charge in [-0.25, -0.2) is 0 Å². The van der Waals surface area contributed by atoms with Gasteiger partial charge in [0.05, 0.1) is 25.3 Å². The maximum Gasteiger partial charge on any atom is 0.238 e. The van der Waals surface area contributed by atoms with E-state index in [-0.39, 0.29) is 12.5 Å². The Morgan fingerprint density at radius 3 is 2.54 bits per heavy atom. The van der Waals surface area contributed by atoms with E-state index < -0.39 is 0 Å². The summed E-state index contributed by atoms with van der Waals surface area (Å²) in [6.07, 6.45) is 0. The molecule has 0 radical (unpaired) electrons. The average Bonchev–Trinajstić information content (AvgIpc) is 2.59. The van der Waals surface area contributed by atoms with Crippen molar-refractivity contribution in [3.05, 3.63) is 52.5 Å². The highest BCUT2D eigenvalue weighted by Gasteiger charge is 2.14. The first-order valence-electron chi connectivity index (χ1n) is 8.47. The maximum absolute atomic E-state index is 12.2. The molecule has 140 valence electrons. The molecular weight excluding hydrogens is 352 g/mol. The predicted molar refractivity (Wildman–Crippen MR) is 105 cm³/mol. The van der Waals surface area contributed by atoms with Crippen molar-refractivity contribution in [2.24, 2.45) is 0 Å². The molecule has 0 aromatic heterocycles. The smallest absolute Gasteiger partial charge is 0.238 e. The van der Waals surface area contributed by atoms with Crippen LogP contribution < -0.4 is 14.8 Å². The van der Waals surface area contributed by atoms with Crippen molar-refractivity contribution in [3.63, 3.8) is 0 Å². The van der Waals surface area contributed by atoms with Gasteiger partial charge in [0.25, 0.3) is 0 Å². The Balaban J connectivity index is 1.98. The molecule has 0 aliphatic rings. The summed E-state index contributed by atoms with van der Waals surface area (Å²) >= 11 is 6.30. The topological polar surface area (TPSA) is 50.8 Å². The number of nitrogens with one attached hydrogen (secondary N) is 1. The monoisotopic (exact) mass is 376 g/mol. The number of anilines is 1. The van der Waals surface area contributed by atoms with Crippen molar-refractivity contribution in [1.29, 1.82) is 0 Å². The van der Waals surface area contributed by atoms with Gasteiger partial charge in [-0.05, 0) is 50.7 Å². The number of aryl methyl sites for hydroxylation is 1. The Bertz CT molecular complexity index is 747. The second-order valence-corrected chi connectivity index (χ2v) is 6.54. The van der Waals surface area contributed by atoms with Crippen LogP contribution in [-0.4, -0.2) is 38.1 Å². The number of carbonyl (C=O) groups is 1. The first kappa shape index (κ1) is 20.1. The number of rotatable bonds is 8. The quantitative estimate of drug-likeness (QED) is 0.752. The van der Waals surface area contributed by atoms with Gasteiger partial charge in [0.1, 0.15) is 0 Å². The van der Waals surface area contributed by atoms with Gasteiger partial charge in [-0.2, -0.15) is 0 Å². The van der Waals surface area contributed by atoms with Gasteiger partial charge in [0, 0.05) is 12.2 Å². The van der Waals surface area contributed by atoms with Crippen molar-refractivity contribution in [2.75, 3.05) is 32.6 Å². The van der Waals surface area contributed by atoms with E-state index in [1.54, 1.807) is 7.11 Å². The average molecular weight is 377 g/mol. The summed E-state index contributed by atoms with van der Waals surface area (Å²) in [5, 5.41) is 3.39. The molecule has 0 unspecified atom stereocenters. The van der Waals surface area contributed by atoms with Crippen LogP contribution in [0.25, 0.3) is 0 Å². The van der Waals surface area contributed by atoms with E-state index in [2.05, 4.69) is 5.32 Å². The fourth-order valence-electron chi connectivity index (χ4n) is 2.60. The summed E-state index contributed by atoms with van der Waals surface area (Å²) in [5.74, 6) is 1.06. The minimum Gasteiger partial charge on any atom is -0.493 e. The molecular formula is C20H25ClN2O3. The van der Waals surface area contributed by atoms with Crippen molar-refractivity contribution < 1.29 is 14.3 Å². The van der Waals surface area contributed by atoms with E-state index in [1.807, 2.05) is 62.2 Å². The molecule has 1 amide bonds. The summed E-state index contributed by atoms with van der Waals surface area (Å²) in [7, 11) is 3.46. The number of carbonyl (C=O) groups excluding carboxylic acids is 1. The van der Waals surface area contributed by atoms with E-state index >= 15 is 0 Å². The highest BCUT2D eigenvalue weighted by Crippen LogP contribution is 2.36. The maximum atomic E-state index is 12.2. The number of amides is 1. The number of likely N-dealkylation sites (N-methyl/N-ethyl adjacent to an activating group) is 1. The molecule has 0 atom stereocenters. The van der Waals surface area contributed by atoms with E-state index in [1.165, 1.54) is 0 Å². The highest BCUT2D eigenvalue weighted by molar-refractivity contribution is 6.32. The van der Waals surface area contributed by atoms with E-state index in [0.717, 1.165) is 16.8 Å². The Hall–Kier alpha value is -2.24. The largest absolute Gasteiger partial charge is 0.493 e. The number of nitrogens with zero attached hydrogens (tertiary/aromatic N) is 1. The van der Waals surface area contributed by atoms with Crippen LogP contribution in [0.3, 0.4) is 0 Å². The second-order valence-electron chi connectivity index (χ2n) is 6.13. The molecule has 0 aliphatic carbocycles. The lowest BCUT2D eigenvalue weighted by Gasteiger charge is -2.18. The summed E-state index contributed by atoms with van der Waals surface area (Å²) < 4.78 is 10.9. The molecule has 0 fully saturated rings. The SMILES string of the molecule is CCOc1c(Cl)cc(CN(C)CC(=O)Nc2ccc(C)cc2)cc1OC. The van der Waals surface area contributed by atoms with Gasteiger partial charge in [-0.1, -0.05) is 29.3 Å². The number of halogens is 1. The Labute approximate surface area is 159 Å². The third-order valence-corrected chi connectivity index (χ3v) is 4.06. The standard InChI is InChI=1S/C20H25ClN2O3/c1-5-26-20-17(21)10-15(11-18(20)25-4)12-23(3)13-19(24)22-16-8-6-14(2)7-9-16/h6-11H,5,12-13H2,1-4H3,(H,22,24). The molecule has 0 aliphatic heterocycles. The molecule has 6 heteroatoms. The van der Waals surface area contributed by atoms with Crippen LogP contribution >= 0.6 is 11.6 Å². The lowest BCUT2D eigenvalue weighted by atomic mass is 10.2. The molecule has 26 heavy (non-hydrogen) atoms. The number of methoxy groups -OCH3 is 1. The lowest BCUT2D eigenvalue weighted by Crippen LogP contribution is -2.29. The van der Waals surface area contributed by atoms with Crippen LogP contribution in [0.1, 0.15) is 18.1 Å². The van der Waals surface area contributed by atoms with Gasteiger partial charge >= 0.3 is 0 Å². The van der Waals surface area contributed by atoms with Gasteiger partial charge in [-0.3, -0.25) is 9.69 Å². The number of hydrogen-bond acceptors (Lipinski definition) is 4. The molecule has 0 bridgehead atoms. The fraction of sp³-hybridized carbons (Fsp3) is 0.350. The van der Waals surface area contributed by atoms with Gasteiger partial charge in [0.2, 0.25) is 5.91 Å². The number of hydrogen-bond donors (Lipinski definition) is 1. The van der Waals surface area contributed by atoms with Crippen LogP contribution in [-0.2, 0) is 11.3 Å². The molecule has 0 saturated carbocycles. The van der Waals surface area contributed by atoms with Crippen molar-refractivity contribution in [3.8, 4) is 11.5 Å². The first-order valence-corrected chi connectivity index (χ1v) is 8.85. The molecule has 0 heterocycles. The Kier molecular flexibility index (Phi) is 7.30. The van der Waals surface area contributed by atoms with Crippen LogP contribution in [0.15, 0.2) is 36.4 Å². The minimum absolute atomic E-state index is 0.0691. The van der Waals surface area contributed by atoms with Gasteiger partial charge < -0.3 is 14.8 Å². The first-order chi connectivity index (χ1) is 12.4.